The molecular formula is C17H23FN2O. The SMILES string of the molecule is CC1(C)NC(=O)CCC1NC1CC(c2cccc(F)c2)C1. The topological polar surface area (TPSA) is 41.1 Å². The molecule has 1 unspecified atom stereocenters. The minimum atomic E-state index is -0.195. The quantitative estimate of drug-likeness (QED) is 0.898. The van der Waals surface area contributed by atoms with Crippen molar-refractivity contribution in [3.63, 3.8) is 0 Å². The fourth-order valence-electron chi connectivity index (χ4n) is 3.51. The first-order chi connectivity index (χ1) is 9.94. The van der Waals surface area contributed by atoms with Gasteiger partial charge in [0.15, 0.2) is 0 Å². The number of benzene rings is 1. The summed E-state index contributed by atoms with van der Waals surface area (Å²) in [6.45, 7) is 4.15. The molecule has 0 spiro atoms. The first-order valence-electron chi connectivity index (χ1n) is 7.76. The molecule has 3 nitrogen and oxygen atoms in total. The molecule has 1 heterocycles. The second-order valence-electron chi connectivity index (χ2n) is 6.95. The van der Waals surface area contributed by atoms with Crippen LogP contribution in [0.5, 0.6) is 0 Å². The van der Waals surface area contributed by atoms with Crippen molar-refractivity contribution in [3.05, 3.63) is 35.6 Å². The normalized spacial score (nSPS) is 31.4. The van der Waals surface area contributed by atoms with Gasteiger partial charge in [-0.15, -0.1) is 0 Å². The highest BCUT2D eigenvalue weighted by Crippen LogP contribution is 2.38. The summed E-state index contributed by atoms with van der Waals surface area (Å²) in [5.41, 5.74) is 0.906. The number of rotatable bonds is 3. The lowest BCUT2D eigenvalue weighted by Gasteiger charge is -2.45. The number of amides is 1. The van der Waals surface area contributed by atoms with Crippen molar-refractivity contribution < 1.29 is 9.18 Å². The van der Waals surface area contributed by atoms with Gasteiger partial charge in [0.1, 0.15) is 5.82 Å². The average molecular weight is 290 g/mol. The fraction of sp³-hybridized carbons (Fsp3) is 0.588. The first kappa shape index (κ1) is 14.5. The number of carbonyl (C=O) groups is 1. The van der Waals surface area contributed by atoms with Gasteiger partial charge in [-0.1, -0.05) is 12.1 Å². The molecule has 2 aliphatic rings. The van der Waals surface area contributed by atoms with Gasteiger partial charge < -0.3 is 10.6 Å². The molecule has 1 saturated heterocycles. The Labute approximate surface area is 125 Å². The Hall–Kier alpha value is -1.42. The molecule has 0 aromatic heterocycles. The van der Waals surface area contributed by atoms with E-state index in [-0.39, 0.29) is 17.3 Å². The molecule has 0 bridgehead atoms. The molecular weight excluding hydrogens is 267 g/mol. The van der Waals surface area contributed by atoms with E-state index in [4.69, 9.17) is 0 Å². The van der Waals surface area contributed by atoms with Crippen LogP contribution in [0.15, 0.2) is 24.3 Å². The van der Waals surface area contributed by atoms with Crippen molar-refractivity contribution in [2.24, 2.45) is 0 Å². The molecule has 0 radical (unpaired) electrons. The lowest BCUT2D eigenvalue weighted by Crippen LogP contribution is -2.63. The average Bonchev–Trinajstić information content (AvgIpc) is 2.34. The second-order valence-corrected chi connectivity index (χ2v) is 6.95. The predicted molar refractivity (Wildman–Crippen MR) is 80.5 cm³/mol. The van der Waals surface area contributed by atoms with E-state index in [0.717, 1.165) is 24.8 Å². The maximum atomic E-state index is 13.2. The molecule has 4 heteroatoms. The largest absolute Gasteiger partial charge is 0.350 e. The number of hydrogen-bond acceptors (Lipinski definition) is 2. The Morgan fingerprint density at radius 1 is 1.33 bits per heavy atom. The lowest BCUT2D eigenvalue weighted by molar-refractivity contribution is -0.125. The third-order valence-corrected chi connectivity index (χ3v) is 4.89. The van der Waals surface area contributed by atoms with E-state index in [9.17, 15) is 9.18 Å². The van der Waals surface area contributed by atoms with Gasteiger partial charge in [-0.2, -0.15) is 0 Å². The van der Waals surface area contributed by atoms with Crippen molar-refractivity contribution in [1.29, 1.82) is 0 Å². The lowest BCUT2D eigenvalue weighted by atomic mass is 9.74. The molecule has 1 atom stereocenters. The van der Waals surface area contributed by atoms with Crippen LogP contribution in [0.1, 0.15) is 51.0 Å². The Balaban J connectivity index is 1.54. The maximum absolute atomic E-state index is 13.2. The Kier molecular flexibility index (Phi) is 3.74. The van der Waals surface area contributed by atoms with E-state index in [1.807, 2.05) is 6.07 Å². The van der Waals surface area contributed by atoms with E-state index in [1.54, 1.807) is 12.1 Å². The smallest absolute Gasteiger partial charge is 0.220 e. The van der Waals surface area contributed by atoms with E-state index >= 15 is 0 Å². The molecule has 1 aliphatic carbocycles. The van der Waals surface area contributed by atoms with Crippen LogP contribution >= 0.6 is 0 Å². The molecule has 2 N–H and O–H groups in total. The van der Waals surface area contributed by atoms with E-state index in [2.05, 4.69) is 24.5 Å². The Bertz CT molecular complexity index is 537. The standard InChI is InChI=1S/C17H23FN2O/c1-17(2)15(6-7-16(21)20-17)19-14-9-12(10-14)11-4-3-5-13(18)8-11/h3-5,8,12,14-15,19H,6-7,9-10H2,1-2H3,(H,20,21). The molecule has 1 aromatic rings. The third kappa shape index (κ3) is 3.10. The zero-order chi connectivity index (χ0) is 15.0. The number of nitrogens with one attached hydrogen (secondary N) is 2. The van der Waals surface area contributed by atoms with Gasteiger partial charge in [0.2, 0.25) is 5.91 Å². The summed E-state index contributed by atoms with van der Waals surface area (Å²) in [5.74, 6) is 0.448. The molecule has 21 heavy (non-hydrogen) atoms. The van der Waals surface area contributed by atoms with Crippen LogP contribution < -0.4 is 10.6 Å². The van der Waals surface area contributed by atoms with Gasteiger partial charge in [-0.3, -0.25) is 4.79 Å². The minimum absolute atomic E-state index is 0.143. The summed E-state index contributed by atoms with van der Waals surface area (Å²) in [4.78, 5) is 11.5. The number of halogens is 1. The van der Waals surface area contributed by atoms with Gasteiger partial charge in [0.05, 0.1) is 0 Å². The van der Waals surface area contributed by atoms with Crippen LogP contribution in [-0.2, 0) is 4.79 Å². The molecule has 1 saturated carbocycles. The molecule has 2 fully saturated rings. The number of piperidine rings is 1. The summed E-state index contributed by atoms with van der Waals surface area (Å²) >= 11 is 0. The predicted octanol–water partition coefficient (Wildman–Crippen LogP) is 2.72. The van der Waals surface area contributed by atoms with Gasteiger partial charge in [-0.05, 0) is 56.7 Å². The van der Waals surface area contributed by atoms with Crippen molar-refractivity contribution in [1.82, 2.24) is 10.6 Å². The van der Waals surface area contributed by atoms with Crippen LogP contribution in [0.2, 0.25) is 0 Å². The summed E-state index contributed by atoms with van der Waals surface area (Å²) in [5, 5.41) is 6.73. The van der Waals surface area contributed by atoms with Crippen LogP contribution in [0.3, 0.4) is 0 Å². The summed E-state index contributed by atoms with van der Waals surface area (Å²) in [7, 11) is 0. The van der Waals surface area contributed by atoms with Crippen molar-refractivity contribution >= 4 is 5.91 Å². The Morgan fingerprint density at radius 2 is 2.10 bits per heavy atom. The van der Waals surface area contributed by atoms with Gasteiger partial charge in [0.25, 0.3) is 0 Å². The van der Waals surface area contributed by atoms with E-state index < -0.39 is 0 Å². The molecule has 114 valence electrons. The zero-order valence-electron chi connectivity index (χ0n) is 12.7. The van der Waals surface area contributed by atoms with Gasteiger partial charge in [0, 0.05) is 24.0 Å². The van der Waals surface area contributed by atoms with Gasteiger partial charge in [-0.25, -0.2) is 4.39 Å². The Morgan fingerprint density at radius 3 is 2.76 bits per heavy atom. The second kappa shape index (κ2) is 5.41. The minimum Gasteiger partial charge on any atom is -0.350 e. The summed E-state index contributed by atoms with van der Waals surface area (Å²) in [6, 6.07) is 7.71. The van der Waals surface area contributed by atoms with Crippen LogP contribution in [0, 0.1) is 5.82 Å². The van der Waals surface area contributed by atoms with Crippen molar-refractivity contribution in [3.8, 4) is 0 Å². The highest BCUT2D eigenvalue weighted by atomic mass is 19.1. The molecule has 1 amide bonds. The van der Waals surface area contributed by atoms with Crippen LogP contribution in [0.25, 0.3) is 0 Å². The maximum Gasteiger partial charge on any atom is 0.220 e. The summed E-state index contributed by atoms with van der Waals surface area (Å²) < 4.78 is 13.2. The monoisotopic (exact) mass is 290 g/mol. The van der Waals surface area contributed by atoms with E-state index in [0.29, 0.717) is 24.4 Å². The van der Waals surface area contributed by atoms with E-state index in [1.165, 1.54) is 6.07 Å². The van der Waals surface area contributed by atoms with Crippen molar-refractivity contribution in [2.45, 2.75) is 63.1 Å². The third-order valence-electron chi connectivity index (χ3n) is 4.89. The molecule has 1 aliphatic heterocycles. The summed E-state index contributed by atoms with van der Waals surface area (Å²) in [6.07, 6.45) is 3.58. The fourth-order valence-corrected chi connectivity index (χ4v) is 3.51. The number of carbonyl (C=O) groups excluding carboxylic acids is 1. The highest BCUT2D eigenvalue weighted by Gasteiger charge is 2.39. The zero-order valence-corrected chi connectivity index (χ0v) is 12.7. The van der Waals surface area contributed by atoms with Crippen LogP contribution in [0.4, 0.5) is 4.39 Å². The van der Waals surface area contributed by atoms with Crippen molar-refractivity contribution in [2.75, 3.05) is 0 Å². The van der Waals surface area contributed by atoms with Crippen LogP contribution in [-0.4, -0.2) is 23.5 Å². The highest BCUT2D eigenvalue weighted by molar-refractivity contribution is 5.77. The van der Waals surface area contributed by atoms with Gasteiger partial charge >= 0.3 is 0 Å². The molecule has 1 aromatic carbocycles. The molecule has 3 rings (SSSR count). The number of hydrogen-bond donors (Lipinski definition) is 2. The first-order valence-corrected chi connectivity index (χ1v) is 7.76.